The summed E-state index contributed by atoms with van der Waals surface area (Å²) in [6.45, 7) is 0. The third-order valence-electron chi connectivity index (χ3n) is 0.119. The van der Waals surface area contributed by atoms with Gasteiger partial charge in [-0.15, -0.1) is 0 Å². The Balaban J connectivity index is 0. The number of rotatable bonds is 1. The van der Waals surface area contributed by atoms with Crippen molar-refractivity contribution in [1.82, 2.24) is 0 Å². The van der Waals surface area contributed by atoms with E-state index in [2.05, 4.69) is 0.851 Å². The average Bonchev–Trinajstić information content (AvgIpc) is 1.35. The maximum atomic E-state index is 9.51. The zero-order valence-electron chi connectivity index (χ0n) is 2.96. The molecular formula is H2HoNdO4P. The molecule has 1 radical (unpaired) electrons. The predicted octanol–water partition coefficient (Wildman–Crippen LogP) is -0.440. The summed E-state index contributed by atoms with van der Waals surface area (Å²) in [5.74, 6) is 0. The molecule has 2 N–H and O–H groups in total. The largest absolute Gasteiger partial charge is 0 e. The maximum absolute atomic E-state index is 9.51. The van der Waals surface area contributed by atoms with Crippen LogP contribution in [-0.2, 0) is 5.42 Å². The molecule has 7 heavy (non-hydrogen) atoms. The first kappa shape index (κ1) is 12.4. The molecule has 0 fully saturated rings. The zero-order valence-corrected chi connectivity index (χ0v) is 9.00. The molecular weight excluding hydrogens is 404 g/mol. The second kappa shape index (κ2) is 5.50. The van der Waals surface area contributed by atoms with Crippen LogP contribution in [0.4, 0.5) is 0 Å². The predicted molar refractivity (Wildman–Crippen MR) is 13.1 cm³/mol. The van der Waals surface area contributed by atoms with Gasteiger partial charge in [0.15, 0.2) is 0 Å². The Hall–Kier alpha value is 2.72. The van der Waals surface area contributed by atoms with Crippen molar-refractivity contribution in [2.45, 2.75) is 0 Å². The van der Waals surface area contributed by atoms with Gasteiger partial charge in [0.2, 0.25) is 0 Å². The van der Waals surface area contributed by atoms with Crippen LogP contribution in [0.1, 0.15) is 0 Å². The van der Waals surface area contributed by atoms with E-state index >= 15 is 0 Å². The van der Waals surface area contributed by atoms with E-state index in [1.807, 2.05) is 0 Å². The van der Waals surface area contributed by atoms with Gasteiger partial charge in [0.25, 0.3) is 0 Å². The Bertz CT molecular complexity index is 75.8. The van der Waals surface area contributed by atoms with Crippen LogP contribution in [0.2, 0.25) is 0 Å². The van der Waals surface area contributed by atoms with Crippen LogP contribution in [0.3, 0.4) is 0 Å². The molecule has 0 amide bonds. The third kappa shape index (κ3) is 12.0. The molecule has 0 aliphatic carbocycles. The fraction of sp³-hybridized carbons (Fsp3) is 0. The molecule has 0 atom stereocenters. The molecule has 0 aromatic rings. The van der Waals surface area contributed by atoms with Gasteiger partial charge in [0.1, 0.15) is 0 Å². The molecule has 0 unspecified atom stereocenters. The molecule has 0 saturated heterocycles. The molecule has 4 nitrogen and oxygen atoms in total. The first-order valence-electron chi connectivity index (χ1n) is 0.969. The van der Waals surface area contributed by atoms with E-state index in [1.165, 1.54) is 0 Å². The standard InChI is InChI=1S/Ho.Nd.H3O4P/c;;1-5(2,3)4/h;;(H3,1,2,3,4)/q;+1;/p-1. The third-order valence-corrected chi connectivity index (χ3v) is 2.65. The summed E-state index contributed by atoms with van der Waals surface area (Å²) in [6, 6.07) is 0. The number of hydrogen-bond acceptors (Lipinski definition) is 2. The van der Waals surface area contributed by atoms with Gasteiger partial charge in [0, 0.05) is 37.7 Å². The monoisotopic (exact) mass is 404 g/mol. The van der Waals surface area contributed by atoms with Crippen LogP contribution in [0, 0.1) is 77.1 Å². The molecule has 0 saturated carbocycles. The summed E-state index contributed by atoms with van der Waals surface area (Å²) in [6.07, 6.45) is 0. The van der Waals surface area contributed by atoms with Gasteiger partial charge in [-0.05, 0) is 0 Å². The molecule has 0 spiro atoms. The fourth-order valence-corrected chi connectivity index (χ4v) is 0. The first-order chi connectivity index (χ1) is 2.56. The topological polar surface area (TPSA) is 66.8 Å². The smallest absolute Gasteiger partial charge is 0 e. The van der Waals surface area contributed by atoms with Gasteiger partial charge in [-0.25, -0.2) is 0 Å². The van der Waals surface area contributed by atoms with E-state index in [0.29, 0.717) is 0 Å². The van der Waals surface area contributed by atoms with E-state index in [1.54, 1.807) is 0 Å². The van der Waals surface area contributed by atoms with Crippen LogP contribution in [0.15, 0.2) is 0 Å². The second-order valence-corrected chi connectivity index (χ2v) is 3.50. The molecule has 0 aromatic carbocycles. The van der Waals surface area contributed by atoms with Crippen molar-refractivity contribution in [3.05, 3.63) is 0 Å². The van der Waals surface area contributed by atoms with E-state index < -0.39 is 7.82 Å². The summed E-state index contributed by atoms with van der Waals surface area (Å²) < 4.78 is 13.2. The first-order valence-corrected chi connectivity index (χ1v) is 3.81. The summed E-state index contributed by atoms with van der Waals surface area (Å²) in [5, 5.41) is 0. The minimum Gasteiger partial charge on any atom is 0 e. The van der Waals surface area contributed by atoms with Crippen LogP contribution in [0.25, 0.3) is 0 Å². The minimum atomic E-state index is -4.08. The van der Waals surface area contributed by atoms with Crippen molar-refractivity contribution >= 4 is 7.82 Å². The molecule has 0 bridgehead atoms. The summed E-state index contributed by atoms with van der Waals surface area (Å²) in [7, 11) is -4.08. The van der Waals surface area contributed by atoms with Crippen molar-refractivity contribution in [2.75, 3.05) is 0 Å². The van der Waals surface area contributed by atoms with Crippen molar-refractivity contribution < 1.29 is 92.3 Å². The average molecular weight is 406 g/mol. The Morgan fingerprint density at radius 1 is 1.57 bits per heavy atom. The summed E-state index contributed by atoms with van der Waals surface area (Å²) in [5.41, 5.74) is 0. The molecule has 0 heterocycles. The van der Waals surface area contributed by atoms with Crippen LogP contribution in [-0.4, -0.2) is 9.79 Å². The Labute approximate surface area is 97.9 Å². The van der Waals surface area contributed by atoms with Gasteiger partial charge in [0.05, 0.1) is 0 Å². The van der Waals surface area contributed by atoms with Gasteiger partial charge in [-0.2, -0.15) is 0 Å². The number of phosphoric acid groups is 1. The van der Waals surface area contributed by atoms with Gasteiger partial charge < -0.3 is 0 Å². The molecule has 0 aromatic heterocycles. The quantitative estimate of drug-likeness (QED) is 0.458. The van der Waals surface area contributed by atoms with E-state index in [-0.39, 0.29) is 77.1 Å². The fourth-order valence-electron chi connectivity index (χ4n) is 0. The Kier molecular flexibility index (Phi) is 9.75. The Morgan fingerprint density at radius 3 is 1.71 bits per heavy atom. The molecule has 0 aliphatic heterocycles. The van der Waals surface area contributed by atoms with E-state index in [9.17, 15) is 4.57 Å². The minimum absolute atomic E-state index is 0. The van der Waals surface area contributed by atoms with Crippen molar-refractivity contribution in [3.8, 4) is 0 Å². The summed E-state index contributed by atoms with van der Waals surface area (Å²) in [4.78, 5) is 15.5. The van der Waals surface area contributed by atoms with Gasteiger partial charge in [-0.1, -0.05) is 0 Å². The number of hydrogen-bond donors (Lipinski definition) is 2. The van der Waals surface area contributed by atoms with Gasteiger partial charge in [-0.3, -0.25) is 0 Å². The molecule has 46 valence electrons. The van der Waals surface area contributed by atoms with Crippen molar-refractivity contribution in [2.24, 2.45) is 0 Å². The molecule has 0 aliphatic rings. The van der Waals surface area contributed by atoms with Crippen molar-refractivity contribution in [1.29, 1.82) is 0 Å². The SMILES string of the molecule is O=P(O)(O)[O][Nd].[Ho]. The van der Waals surface area contributed by atoms with E-state index in [4.69, 9.17) is 9.79 Å². The maximum Gasteiger partial charge on any atom is 0 e. The molecule has 0 rings (SSSR count). The van der Waals surface area contributed by atoms with Crippen LogP contribution in [0.5, 0.6) is 0 Å². The normalized spacial score (nSPS) is 9.86. The van der Waals surface area contributed by atoms with Gasteiger partial charge >= 0.3 is 62.4 Å². The second-order valence-electron chi connectivity index (χ2n) is 0.582. The zero-order chi connectivity index (χ0) is 5.21. The Morgan fingerprint density at radius 2 is 1.71 bits per heavy atom. The van der Waals surface area contributed by atoms with Crippen LogP contribution < -0.4 is 0 Å². The van der Waals surface area contributed by atoms with E-state index in [0.717, 1.165) is 0 Å². The summed E-state index contributed by atoms with van der Waals surface area (Å²) >= 11 is 0.0849. The van der Waals surface area contributed by atoms with Crippen molar-refractivity contribution in [3.63, 3.8) is 0 Å². The molecule has 7 heteroatoms. The van der Waals surface area contributed by atoms with Crippen LogP contribution >= 0.6 is 7.82 Å².